The number of ether oxygens (including phenoxy) is 1. The van der Waals surface area contributed by atoms with Crippen LogP contribution in [0.25, 0.3) is 0 Å². The Hall–Kier alpha value is -1.95. The summed E-state index contributed by atoms with van der Waals surface area (Å²) in [5, 5.41) is 4.70. The van der Waals surface area contributed by atoms with Gasteiger partial charge in [-0.3, -0.25) is 4.68 Å². The van der Waals surface area contributed by atoms with Gasteiger partial charge in [0.1, 0.15) is 12.3 Å². The number of rotatable bonds is 4. The molecule has 7 heteroatoms. The highest BCUT2D eigenvalue weighted by Crippen LogP contribution is 2.22. The Morgan fingerprint density at radius 2 is 2.19 bits per heavy atom. The van der Waals surface area contributed by atoms with Gasteiger partial charge in [0.15, 0.2) is 0 Å². The van der Waals surface area contributed by atoms with Gasteiger partial charge >= 0.3 is 5.97 Å². The fourth-order valence-corrected chi connectivity index (χ4v) is 2.35. The Balaban J connectivity index is 2.16. The Kier molecular flexibility index (Phi) is 4.27. The lowest BCUT2D eigenvalue weighted by Gasteiger charge is -2.12. The third-order valence-electron chi connectivity index (χ3n) is 3.24. The van der Waals surface area contributed by atoms with Crippen LogP contribution in [0.2, 0.25) is 5.02 Å². The van der Waals surface area contributed by atoms with Crippen LogP contribution in [0.1, 0.15) is 41.8 Å². The first-order chi connectivity index (χ1) is 9.81. The maximum absolute atomic E-state index is 12.2. The number of hydrogen-bond acceptors (Lipinski definition) is 4. The molecule has 0 atom stereocenters. The molecule has 2 N–H and O–H groups in total. The second kappa shape index (κ2) is 5.81. The number of nitrogen functional groups attached to an aromatic ring is 1. The Morgan fingerprint density at radius 1 is 1.52 bits per heavy atom. The average Bonchev–Trinajstić information content (AvgIpc) is 2.90. The summed E-state index contributed by atoms with van der Waals surface area (Å²) in [4.78, 5) is 12.2. The molecule has 0 saturated carbocycles. The van der Waals surface area contributed by atoms with E-state index in [2.05, 4.69) is 5.10 Å². The monoisotopic (exact) mass is 310 g/mol. The fraction of sp³-hybridized carbons (Fsp3) is 0.429. The first-order valence-electron chi connectivity index (χ1n) is 6.63. The van der Waals surface area contributed by atoms with Crippen molar-refractivity contribution in [2.24, 2.45) is 7.05 Å². The van der Waals surface area contributed by atoms with E-state index in [1.54, 1.807) is 35.5 Å². The smallest absolute Gasteiger partial charge is 0.355 e. The Morgan fingerprint density at radius 3 is 2.71 bits per heavy atom. The zero-order chi connectivity index (χ0) is 15.7. The second-order valence-electron chi connectivity index (χ2n) is 5.21. The van der Waals surface area contributed by atoms with E-state index >= 15 is 0 Å². The molecule has 2 rings (SSSR count). The maximum Gasteiger partial charge on any atom is 0.355 e. The number of nitrogens with two attached hydrogens (primary N) is 1. The number of anilines is 1. The van der Waals surface area contributed by atoms with Gasteiger partial charge in [-0.05, 0) is 26.8 Å². The summed E-state index contributed by atoms with van der Waals surface area (Å²) in [5.74, 6) is -0.435. The molecule has 0 aliphatic rings. The van der Waals surface area contributed by atoms with Crippen molar-refractivity contribution in [2.45, 2.75) is 33.4 Å². The molecule has 0 aliphatic carbocycles. The number of nitrogens with zero attached hydrogens (tertiary/aromatic N) is 3. The van der Waals surface area contributed by atoms with Crippen LogP contribution in [0.5, 0.6) is 0 Å². The minimum Gasteiger partial charge on any atom is -0.454 e. The highest BCUT2D eigenvalue weighted by Gasteiger charge is 2.18. The normalized spacial score (nSPS) is 11.1. The molecule has 0 aromatic carbocycles. The van der Waals surface area contributed by atoms with Crippen LogP contribution >= 0.6 is 11.6 Å². The average molecular weight is 311 g/mol. The molecular formula is C14H19ClN4O2. The summed E-state index contributed by atoms with van der Waals surface area (Å²) in [5.41, 5.74) is 8.08. The van der Waals surface area contributed by atoms with Gasteiger partial charge in [0.25, 0.3) is 0 Å². The van der Waals surface area contributed by atoms with Crippen LogP contribution in [-0.4, -0.2) is 20.3 Å². The molecule has 0 aliphatic heterocycles. The van der Waals surface area contributed by atoms with E-state index in [4.69, 9.17) is 22.1 Å². The van der Waals surface area contributed by atoms with Crippen LogP contribution in [0.15, 0.2) is 12.3 Å². The second-order valence-corrected chi connectivity index (χ2v) is 5.58. The molecule has 0 saturated heterocycles. The summed E-state index contributed by atoms with van der Waals surface area (Å²) >= 11 is 6.13. The van der Waals surface area contributed by atoms with E-state index in [1.165, 1.54) is 0 Å². The summed E-state index contributed by atoms with van der Waals surface area (Å²) < 4.78 is 8.73. The molecule has 0 radical (unpaired) electrons. The van der Waals surface area contributed by atoms with Gasteiger partial charge in [0, 0.05) is 19.3 Å². The Bertz CT molecular complexity index is 673. The number of carbonyl (C=O) groups excluding carboxylic acids is 1. The van der Waals surface area contributed by atoms with Gasteiger partial charge < -0.3 is 15.0 Å². The Labute approximate surface area is 128 Å². The van der Waals surface area contributed by atoms with Gasteiger partial charge in [-0.15, -0.1) is 0 Å². The predicted octanol–water partition coefficient (Wildman–Crippen LogP) is 2.70. The maximum atomic E-state index is 12.2. The van der Waals surface area contributed by atoms with E-state index in [0.717, 1.165) is 0 Å². The molecule has 21 heavy (non-hydrogen) atoms. The van der Waals surface area contributed by atoms with Crippen molar-refractivity contribution in [1.82, 2.24) is 14.3 Å². The lowest BCUT2D eigenvalue weighted by atomic mass is 10.3. The SMILES string of the molecule is Cc1nn(C)c(COC(=O)c2cc(N)cn2C(C)C)c1Cl. The van der Waals surface area contributed by atoms with E-state index in [9.17, 15) is 4.79 Å². The molecule has 0 spiro atoms. The highest BCUT2D eigenvalue weighted by atomic mass is 35.5. The zero-order valence-corrected chi connectivity index (χ0v) is 13.3. The number of carbonyl (C=O) groups is 1. The lowest BCUT2D eigenvalue weighted by Crippen LogP contribution is -2.14. The molecule has 0 unspecified atom stereocenters. The summed E-state index contributed by atoms with van der Waals surface area (Å²) in [6, 6.07) is 1.73. The van der Waals surface area contributed by atoms with Crippen molar-refractivity contribution in [3.8, 4) is 0 Å². The van der Waals surface area contributed by atoms with Crippen molar-refractivity contribution in [1.29, 1.82) is 0 Å². The summed E-state index contributed by atoms with van der Waals surface area (Å²) in [6.45, 7) is 5.81. The van der Waals surface area contributed by atoms with Crippen molar-refractivity contribution in [3.05, 3.63) is 34.4 Å². The lowest BCUT2D eigenvalue weighted by molar-refractivity contribution is 0.0449. The number of hydrogen-bond donors (Lipinski definition) is 1. The minimum atomic E-state index is -0.435. The van der Waals surface area contributed by atoms with Crippen LogP contribution in [0.3, 0.4) is 0 Å². The topological polar surface area (TPSA) is 75.1 Å². The van der Waals surface area contributed by atoms with Crippen LogP contribution in [0, 0.1) is 6.92 Å². The minimum absolute atomic E-state index is 0.0676. The molecule has 2 aromatic heterocycles. The fourth-order valence-electron chi connectivity index (χ4n) is 2.14. The van der Waals surface area contributed by atoms with Gasteiger partial charge in [-0.1, -0.05) is 11.6 Å². The molecule has 0 amide bonds. The van der Waals surface area contributed by atoms with E-state index in [-0.39, 0.29) is 12.6 Å². The molecule has 6 nitrogen and oxygen atoms in total. The van der Waals surface area contributed by atoms with E-state index < -0.39 is 5.97 Å². The van der Waals surface area contributed by atoms with Gasteiger partial charge in [-0.25, -0.2) is 4.79 Å². The molecule has 114 valence electrons. The molecule has 2 aromatic rings. The van der Waals surface area contributed by atoms with Crippen LogP contribution < -0.4 is 5.73 Å². The van der Waals surface area contributed by atoms with Gasteiger partial charge in [0.2, 0.25) is 0 Å². The predicted molar refractivity (Wildman–Crippen MR) is 81.3 cm³/mol. The summed E-state index contributed by atoms with van der Waals surface area (Å²) in [7, 11) is 1.76. The first-order valence-corrected chi connectivity index (χ1v) is 7.01. The number of esters is 1. The third-order valence-corrected chi connectivity index (χ3v) is 3.73. The van der Waals surface area contributed by atoms with Crippen molar-refractivity contribution < 1.29 is 9.53 Å². The molecule has 0 bridgehead atoms. The van der Waals surface area contributed by atoms with Crippen molar-refractivity contribution in [3.63, 3.8) is 0 Å². The third kappa shape index (κ3) is 3.05. The molecule has 0 fully saturated rings. The quantitative estimate of drug-likeness (QED) is 0.881. The van der Waals surface area contributed by atoms with Crippen molar-refractivity contribution >= 4 is 23.3 Å². The van der Waals surface area contributed by atoms with Crippen molar-refractivity contribution in [2.75, 3.05) is 5.73 Å². The van der Waals surface area contributed by atoms with Crippen LogP contribution in [-0.2, 0) is 18.4 Å². The molecule has 2 heterocycles. The summed E-state index contributed by atoms with van der Waals surface area (Å²) in [6.07, 6.45) is 1.72. The van der Waals surface area contributed by atoms with E-state index in [1.807, 2.05) is 13.8 Å². The van der Waals surface area contributed by atoms with E-state index in [0.29, 0.717) is 27.8 Å². The standard InChI is InChI=1S/C14H19ClN4O2/c1-8(2)19-6-10(16)5-11(19)14(20)21-7-12-13(15)9(3)17-18(12)4/h5-6,8H,7,16H2,1-4H3. The van der Waals surface area contributed by atoms with Gasteiger partial charge in [0.05, 0.1) is 22.1 Å². The number of halogens is 1. The van der Waals surface area contributed by atoms with Gasteiger partial charge in [-0.2, -0.15) is 5.10 Å². The zero-order valence-electron chi connectivity index (χ0n) is 12.6. The first kappa shape index (κ1) is 15.4. The molecular weight excluding hydrogens is 292 g/mol. The number of aryl methyl sites for hydroxylation is 2. The highest BCUT2D eigenvalue weighted by molar-refractivity contribution is 6.31. The largest absolute Gasteiger partial charge is 0.454 e. The van der Waals surface area contributed by atoms with Crippen LogP contribution in [0.4, 0.5) is 5.69 Å². The number of aromatic nitrogens is 3.